The van der Waals surface area contributed by atoms with E-state index in [1.807, 2.05) is 30.3 Å². The summed E-state index contributed by atoms with van der Waals surface area (Å²) in [4.78, 5) is 0. The molecule has 0 aromatic heterocycles. The first-order valence-electron chi connectivity index (χ1n) is 13.7. The fourth-order valence-electron chi connectivity index (χ4n) is 4.12. The number of phenols is 2. The van der Waals surface area contributed by atoms with Gasteiger partial charge in [-0.2, -0.15) is 0 Å². The van der Waals surface area contributed by atoms with Crippen molar-refractivity contribution in [3.63, 3.8) is 0 Å². The average Bonchev–Trinajstić information content (AvgIpc) is 2.83. The molecule has 0 fully saturated rings. The number of hydrogen-bond acceptors (Lipinski definition) is 2. The third kappa shape index (κ3) is 16.3. The minimum atomic E-state index is 0.364. The highest BCUT2D eigenvalue weighted by Gasteiger charge is 1.99. The van der Waals surface area contributed by atoms with E-state index in [4.69, 9.17) is 5.11 Å². The topological polar surface area (TPSA) is 40.5 Å². The summed E-state index contributed by atoms with van der Waals surface area (Å²) in [5.74, 6) is 0.818. The third-order valence-corrected chi connectivity index (χ3v) is 6.30. The summed E-state index contributed by atoms with van der Waals surface area (Å²) in [5, 5.41) is 18.8. The van der Waals surface area contributed by atoms with Crippen molar-refractivity contribution in [2.24, 2.45) is 0 Å². The number of para-hydroxylation sites is 1. The number of phenolic OH excluding ortho intramolecular Hbond substituents is 2. The lowest BCUT2D eigenvalue weighted by Gasteiger charge is -2.04. The molecule has 0 aliphatic heterocycles. The number of rotatable bonds is 17. The normalized spacial score (nSPS) is 10.6. The summed E-state index contributed by atoms with van der Waals surface area (Å²) < 4.78 is 0. The smallest absolute Gasteiger partial charge is 0.118 e. The Labute approximate surface area is 204 Å². The van der Waals surface area contributed by atoms with Gasteiger partial charge in [-0.1, -0.05) is 128 Å². The van der Waals surface area contributed by atoms with Crippen LogP contribution in [0.25, 0.3) is 0 Å². The Balaban J connectivity index is 0.000000331. The third-order valence-electron chi connectivity index (χ3n) is 6.30. The molecule has 2 aromatic rings. The Morgan fingerprint density at radius 3 is 1.45 bits per heavy atom. The van der Waals surface area contributed by atoms with Crippen molar-refractivity contribution < 1.29 is 10.2 Å². The van der Waals surface area contributed by atoms with E-state index in [9.17, 15) is 5.11 Å². The van der Waals surface area contributed by atoms with Crippen LogP contribution in [0.4, 0.5) is 0 Å². The van der Waals surface area contributed by atoms with Crippen molar-refractivity contribution in [2.45, 2.75) is 123 Å². The molecular formula is C31H50O2. The standard InChI is InChI=1S/C16H26O.C15H24O/c1-2-3-4-5-6-7-8-9-12-15-13-10-11-14-16(15)17;1-2-3-4-5-6-7-8-9-14-10-12-15(16)13-11-14/h10-11,13-14,17H,2-9,12H2,1H3;10-13,16H,2-9H2,1H3. The Morgan fingerprint density at radius 1 is 0.485 bits per heavy atom. The monoisotopic (exact) mass is 454 g/mol. The van der Waals surface area contributed by atoms with Gasteiger partial charge in [-0.15, -0.1) is 0 Å². The van der Waals surface area contributed by atoms with Gasteiger partial charge in [0.05, 0.1) is 0 Å². The summed E-state index contributed by atoms with van der Waals surface area (Å²) in [6.07, 6.45) is 22.4. The van der Waals surface area contributed by atoms with Crippen LogP contribution in [0.3, 0.4) is 0 Å². The predicted octanol–water partition coefficient (Wildman–Crippen LogP) is 9.76. The first-order valence-corrected chi connectivity index (χ1v) is 13.7. The second-order valence-electron chi connectivity index (χ2n) is 9.39. The Bertz CT molecular complexity index is 678. The summed E-state index contributed by atoms with van der Waals surface area (Å²) in [7, 11) is 0. The number of hydrogen-bond donors (Lipinski definition) is 2. The van der Waals surface area contributed by atoms with Gasteiger partial charge in [0.15, 0.2) is 0 Å². The van der Waals surface area contributed by atoms with E-state index in [-0.39, 0.29) is 0 Å². The van der Waals surface area contributed by atoms with Crippen molar-refractivity contribution in [1.29, 1.82) is 0 Å². The minimum Gasteiger partial charge on any atom is -0.508 e. The fourth-order valence-corrected chi connectivity index (χ4v) is 4.12. The van der Waals surface area contributed by atoms with Gasteiger partial charge in [0.1, 0.15) is 11.5 Å². The van der Waals surface area contributed by atoms with E-state index < -0.39 is 0 Å². The van der Waals surface area contributed by atoms with Crippen molar-refractivity contribution >= 4 is 0 Å². The lowest BCUT2D eigenvalue weighted by atomic mass is 10.0. The van der Waals surface area contributed by atoms with Gasteiger partial charge >= 0.3 is 0 Å². The Morgan fingerprint density at radius 2 is 0.939 bits per heavy atom. The van der Waals surface area contributed by atoms with Crippen LogP contribution in [0.5, 0.6) is 11.5 Å². The maximum Gasteiger partial charge on any atom is 0.118 e. The van der Waals surface area contributed by atoms with Crippen molar-refractivity contribution in [3.05, 3.63) is 59.7 Å². The molecule has 0 aliphatic rings. The van der Waals surface area contributed by atoms with Crippen LogP contribution < -0.4 is 0 Å². The van der Waals surface area contributed by atoms with Crippen molar-refractivity contribution in [2.75, 3.05) is 0 Å². The van der Waals surface area contributed by atoms with Crippen molar-refractivity contribution in [3.8, 4) is 11.5 Å². The van der Waals surface area contributed by atoms with E-state index in [1.165, 1.54) is 102 Å². The van der Waals surface area contributed by atoms with Crippen LogP contribution >= 0.6 is 0 Å². The molecule has 2 N–H and O–H groups in total. The molecule has 0 saturated carbocycles. The summed E-state index contributed by atoms with van der Waals surface area (Å²) in [6, 6.07) is 15.3. The highest BCUT2D eigenvalue weighted by Crippen LogP contribution is 2.19. The maximum absolute atomic E-state index is 9.61. The van der Waals surface area contributed by atoms with Crippen LogP contribution in [-0.2, 0) is 12.8 Å². The minimum absolute atomic E-state index is 0.364. The molecule has 186 valence electrons. The zero-order valence-corrected chi connectivity index (χ0v) is 21.5. The van der Waals surface area contributed by atoms with Crippen LogP contribution in [0.1, 0.15) is 121 Å². The zero-order chi connectivity index (χ0) is 24.0. The molecule has 33 heavy (non-hydrogen) atoms. The second-order valence-corrected chi connectivity index (χ2v) is 9.39. The molecule has 0 amide bonds. The summed E-state index contributed by atoms with van der Waals surface area (Å²) in [6.45, 7) is 4.51. The van der Waals surface area contributed by atoms with Crippen LogP contribution in [0.15, 0.2) is 48.5 Å². The molecule has 0 heterocycles. The lowest BCUT2D eigenvalue weighted by Crippen LogP contribution is -1.87. The molecule has 0 spiro atoms. The number of aromatic hydroxyl groups is 2. The van der Waals surface area contributed by atoms with Gasteiger partial charge in [0.2, 0.25) is 0 Å². The van der Waals surface area contributed by atoms with E-state index in [2.05, 4.69) is 13.8 Å². The maximum atomic E-state index is 9.61. The second kappa shape index (κ2) is 20.6. The summed E-state index contributed by atoms with van der Waals surface area (Å²) in [5.41, 5.74) is 2.44. The van der Waals surface area contributed by atoms with Crippen molar-refractivity contribution in [1.82, 2.24) is 0 Å². The Kier molecular flexibility index (Phi) is 18.2. The summed E-state index contributed by atoms with van der Waals surface area (Å²) >= 11 is 0. The fraction of sp³-hybridized carbons (Fsp3) is 0.613. The number of unbranched alkanes of at least 4 members (excludes halogenated alkanes) is 13. The van der Waals surface area contributed by atoms with Gasteiger partial charge in [-0.3, -0.25) is 0 Å². The predicted molar refractivity (Wildman–Crippen MR) is 144 cm³/mol. The van der Waals surface area contributed by atoms with Gasteiger partial charge in [-0.05, 0) is 55.0 Å². The highest BCUT2D eigenvalue weighted by atomic mass is 16.3. The quantitative estimate of drug-likeness (QED) is 0.233. The molecule has 0 aliphatic carbocycles. The molecular weight excluding hydrogens is 404 g/mol. The molecule has 2 rings (SSSR count). The molecule has 0 saturated heterocycles. The van der Waals surface area contributed by atoms with E-state index in [1.54, 1.807) is 18.2 Å². The first kappa shape index (κ1) is 29.1. The molecule has 0 bridgehead atoms. The number of benzene rings is 2. The molecule has 0 unspecified atom stereocenters. The van der Waals surface area contributed by atoms with E-state index in [0.29, 0.717) is 11.5 Å². The molecule has 2 aromatic carbocycles. The lowest BCUT2D eigenvalue weighted by molar-refractivity contribution is 0.466. The first-order chi connectivity index (χ1) is 16.2. The molecule has 0 radical (unpaired) electrons. The molecule has 0 atom stereocenters. The van der Waals surface area contributed by atoms with Gasteiger partial charge in [0, 0.05) is 0 Å². The molecule has 2 heteroatoms. The average molecular weight is 455 g/mol. The van der Waals surface area contributed by atoms with E-state index in [0.717, 1.165) is 18.4 Å². The highest BCUT2D eigenvalue weighted by molar-refractivity contribution is 5.31. The SMILES string of the molecule is CCCCCCCCCCc1ccccc1O.CCCCCCCCCc1ccc(O)cc1. The Hall–Kier alpha value is -1.96. The van der Waals surface area contributed by atoms with Gasteiger partial charge in [-0.25, -0.2) is 0 Å². The van der Waals surface area contributed by atoms with Gasteiger partial charge < -0.3 is 10.2 Å². The van der Waals surface area contributed by atoms with Crippen LogP contribution in [-0.4, -0.2) is 10.2 Å². The van der Waals surface area contributed by atoms with E-state index >= 15 is 0 Å². The van der Waals surface area contributed by atoms with Crippen LogP contribution in [0.2, 0.25) is 0 Å². The molecule has 2 nitrogen and oxygen atoms in total. The number of aryl methyl sites for hydroxylation is 2. The van der Waals surface area contributed by atoms with Crippen LogP contribution in [0, 0.1) is 0 Å². The van der Waals surface area contributed by atoms with Gasteiger partial charge in [0.25, 0.3) is 0 Å². The largest absolute Gasteiger partial charge is 0.508 e. The zero-order valence-electron chi connectivity index (χ0n) is 21.5.